The molecule has 0 bridgehead atoms. The van der Waals surface area contributed by atoms with E-state index in [9.17, 15) is 0 Å². The highest BCUT2D eigenvalue weighted by Crippen LogP contribution is 2.27. The second-order valence-electron chi connectivity index (χ2n) is 4.03. The molecule has 1 aliphatic heterocycles. The van der Waals surface area contributed by atoms with Crippen LogP contribution in [0.5, 0.6) is 0 Å². The highest BCUT2D eigenvalue weighted by molar-refractivity contribution is 6.28. The summed E-state index contributed by atoms with van der Waals surface area (Å²) >= 11 is 5.76. The minimum Gasteiger partial charge on any atom is -0.353 e. The van der Waals surface area contributed by atoms with E-state index in [0.717, 1.165) is 18.3 Å². The Morgan fingerprint density at radius 1 is 1.50 bits per heavy atom. The van der Waals surface area contributed by atoms with E-state index in [0.29, 0.717) is 11.3 Å². The highest BCUT2D eigenvalue weighted by atomic mass is 35.5. The standard InChI is InChI=1S/C10H14ClN3/c1-7-5-8(2)14(6-7)9-3-4-12-10(11)13-9/h3-4,7-8H,5-6H2,1-2H3. The molecule has 0 radical (unpaired) electrons. The number of hydrogen-bond acceptors (Lipinski definition) is 3. The van der Waals surface area contributed by atoms with Gasteiger partial charge in [-0.1, -0.05) is 6.92 Å². The van der Waals surface area contributed by atoms with Crippen molar-refractivity contribution >= 4 is 17.4 Å². The predicted molar refractivity (Wildman–Crippen MR) is 57.6 cm³/mol. The van der Waals surface area contributed by atoms with Gasteiger partial charge in [0.05, 0.1) is 0 Å². The zero-order valence-corrected chi connectivity index (χ0v) is 9.20. The minimum absolute atomic E-state index is 0.328. The maximum atomic E-state index is 5.76. The van der Waals surface area contributed by atoms with E-state index < -0.39 is 0 Å². The zero-order valence-electron chi connectivity index (χ0n) is 8.44. The fraction of sp³-hybridized carbons (Fsp3) is 0.600. The SMILES string of the molecule is CC1CC(C)N(c2ccnc(Cl)n2)C1. The van der Waals surface area contributed by atoms with Crippen molar-refractivity contribution in [2.24, 2.45) is 5.92 Å². The predicted octanol–water partition coefficient (Wildman–Crippen LogP) is 2.36. The number of aromatic nitrogens is 2. The zero-order chi connectivity index (χ0) is 10.1. The summed E-state index contributed by atoms with van der Waals surface area (Å²) in [6.45, 7) is 5.55. The van der Waals surface area contributed by atoms with Gasteiger partial charge in [0.15, 0.2) is 0 Å². The van der Waals surface area contributed by atoms with Crippen LogP contribution in [0.15, 0.2) is 12.3 Å². The van der Waals surface area contributed by atoms with Crippen LogP contribution in [0, 0.1) is 5.92 Å². The molecule has 14 heavy (non-hydrogen) atoms. The third kappa shape index (κ3) is 1.82. The van der Waals surface area contributed by atoms with Crippen molar-refractivity contribution in [2.75, 3.05) is 11.4 Å². The Morgan fingerprint density at radius 3 is 2.86 bits per heavy atom. The van der Waals surface area contributed by atoms with Gasteiger partial charge in [0, 0.05) is 18.8 Å². The molecule has 76 valence electrons. The first-order valence-corrected chi connectivity index (χ1v) is 5.30. The van der Waals surface area contributed by atoms with Crippen molar-refractivity contribution in [3.63, 3.8) is 0 Å². The van der Waals surface area contributed by atoms with E-state index >= 15 is 0 Å². The van der Waals surface area contributed by atoms with Gasteiger partial charge in [-0.25, -0.2) is 9.97 Å². The molecule has 2 heterocycles. The van der Waals surface area contributed by atoms with Crippen LogP contribution in [0.1, 0.15) is 20.3 Å². The number of nitrogens with zero attached hydrogens (tertiary/aromatic N) is 3. The molecule has 0 saturated carbocycles. The van der Waals surface area contributed by atoms with Crippen molar-refractivity contribution in [2.45, 2.75) is 26.3 Å². The number of rotatable bonds is 1. The number of halogens is 1. The number of hydrogen-bond donors (Lipinski definition) is 0. The smallest absolute Gasteiger partial charge is 0.224 e. The molecule has 1 aromatic heterocycles. The third-order valence-corrected chi connectivity index (χ3v) is 2.87. The molecule has 0 N–H and O–H groups in total. The Balaban J connectivity index is 2.23. The van der Waals surface area contributed by atoms with Gasteiger partial charge in [-0.15, -0.1) is 0 Å². The number of anilines is 1. The average Bonchev–Trinajstić information content (AvgIpc) is 2.45. The minimum atomic E-state index is 0.328. The Morgan fingerprint density at radius 2 is 2.29 bits per heavy atom. The molecule has 0 aromatic carbocycles. The third-order valence-electron chi connectivity index (χ3n) is 2.69. The molecule has 1 aliphatic rings. The van der Waals surface area contributed by atoms with Gasteiger partial charge in [-0.2, -0.15) is 0 Å². The largest absolute Gasteiger partial charge is 0.353 e. The molecule has 1 aromatic rings. The summed E-state index contributed by atoms with van der Waals surface area (Å²) < 4.78 is 0. The first kappa shape index (κ1) is 9.71. The van der Waals surface area contributed by atoms with Crippen LogP contribution in [0.2, 0.25) is 5.28 Å². The van der Waals surface area contributed by atoms with E-state index in [4.69, 9.17) is 11.6 Å². The fourth-order valence-corrected chi connectivity index (χ4v) is 2.25. The van der Waals surface area contributed by atoms with Crippen LogP contribution < -0.4 is 4.90 Å². The average molecular weight is 212 g/mol. The van der Waals surface area contributed by atoms with Gasteiger partial charge in [0.2, 0.25) is 5.28 Å². The summed E-state index contributed by atoms with van der Waals surface area (Å²) in [6, 6.07) is 2.47. The van der Waals surface area contributed by atoms with Crippen LogP contribution in [0.25, 0.3) is 0 Å². The lowest BCUT2D eigenvalue weighted by Gasteiger charge is -2.22. The summed E-state index contributed by atoms with van der Waals surface area (Å²) in [5.41, 5.74) is 0. The van der Waals surface area contributed by atoms with Crippen molar-refractivity contribution in [3.8, 4) is 0 Å². The van der Waals surface area contributed by atoms with Gasteiger partial charge in [-0.3, -0.25) is 0 Å². The molecule has 1 saturated heterocycles. The fourth-order valence-electron chi connectivity index (χ4n) is 2.11. The monoisotopic (exact) mass is 211 g/mol. The van der Waals surface area contributed by atoms with E-state index in [2.05, 4.69) is 28.7 Å². The van der Waals surface area contributed by atoms with Crippen molar-refractivity contribution < 1.29 is 0 Å². The molecule has 0 aliphatic carbocycles. The van der Waals surface area contributed by atoms with Crippen LogP contribution >= 0.6 is 11.6 Å². The second kappa shape index (κ2) is 3.73. The molecule has 1 fully saturated rings. The Bertz CT molecular complexity index is 329. The maximum Gasteiger partial charge on any atom is 0.224 e. The van der Waals surface area contributed by atoms with Crippen molar-refractivity contribution in [3.05, 3.63) is 17.5 Å². The summed E-state index contributed by atoms with van der Waals surface area (Å²) in [5, 5.41) is 0.328. The molecule has 3 nitrogen and oxygen atoms in total. The van der Waals surface area contributed by atoms with Crippen LogP contribution in [-0.4, -0.2) is 22.6 Å². The molecular weight excluding hydrogens is 198 g/mol. The Hall–Kier alpha value is -0.830. The molecule has 2 atom stereocenters. The van der Waals surface area contributed by atoms with Crippen LogP contribution in [-0.2, 0) is 0 Å². The molecule has 2 unspecified atom stereocenters. The highest BCUT2D eigenvalue weighted by Gasteiger charge is 2.26. The lowest BCUT2D eigenvalue weighted by Crippen LogP contribution is -2.27. The summed E-state index contributed by atoms with van der Waals surface area (Å²) in [4.78, 5) is 10.4. The lowest BCUT2D eigenvalue weighted by atomic mass is 10.1. The summed E-state index contributed by atoms with van der Waals surface area (Å²) in [5.74, 6) is 1.68. The topological polar surface area (TPSA) is 29.0 Å². The lowest BCUT2D eigenvalue weighted by molar-refractivity contribution is 0.625. The maximum absolute atomic E-state index is 5.76. The normalized spacial score (nSPS) is 26.9. The van der Waals surface area contributed by atoms with E-state index in [1.54, 1.807) is 6.20 Å². The molecule has 2 rings (SSSR count). The summed E-state index contributed by atoms with van der Waals surface area (Å²) in [7, 11) is 0. The van der Waals surface area contributed by atoms with Gasteiger partial charge in [0.1, 0.15) is 5.82 Å². The Kier molecular flexibility index (Phi) is 2.59. The van der Waals surface area contributed by atoms with E-state index in [-0.39, 0.29) is 0 Å². The van der Waals surface area contributed by atoms with Crippen LogP contribution in [0.4, 0.5) is 5.82 Å². The first-order valence-electron chi connectivity index (χ1n) is 4.92. The van der Waals surface area contributed by atoms with Crippen molar-refractivity contribution in [1.29, 1.82) is 0 Å². The second-order valence-corrected chi connectivity index (χ2v) is 4.36. The Labute approximate surface area is 89.1 Å². The van der Waals surface area contributed by atoms with Gasteiger partial charge < -0.3 is 4.90 Å². The molecule has 4 heteroatoms. The van der Waals surface area contributed by atoms with E-state index in [1.165, 1.54) is 6.42 Å². The molecule has 0 amide bonds. The van der Waals surface area contributed by atoms with Gasteiger partial charge >= 0.3 is 0 Å². The van der Waals surface area contributed by atoms with Gasteiger partial charge in [0.25, 0.3) is 0 Å². The van der Waals surface area contributed by atoms with Crippen molar-refractivity contribution in [1.82, 2.24) is 9.97 Å². The van der Waals surface area contributed by atoms with Gasteiger partial charge in [-0.05, 0) is 36.9 Å². The quantitative estimate of drug-likeness (QED) is 0.668. The molecular formula is C10H14ClN3. The first-order chi connectivity index (χ1) is 6.66. The van der Waals surface area contributed by atoms with E-state index in [1.807, 2.05) is 6.07 Å². The molecule has 0 spiro atoms. The van der Waals surface area contributed by atoms with Crippen LogP contribution in [0.3, 0.4) is 0 Å². The summed E-state index contributed by atoms with van der Waals surface area (Å²) in [6.07, 6.45) is 2.93.